The smallest absolute Gasteiger partial charge is 0.338 e. The Morgan fingerprint density at radius 3 is 2.39 bits per heavy atom. The van der Waals surface area contributed by atoms with Gasteiger partial charge in [-0.05, 0) is 45.0 Å². The van der Waals surface area contributed by atoms with Crippen LogP contribution in [0.4, 0.5) is 5.69 Å². The lowest BCUT2D eigenvalue weighted by Gasteiger charge is -2.44. The first kappa shape index (κ1) is 12.6. The summed E-state index contributed by atoms with van der Waals surface area (Å²) in [4.78, 5) is 25.0. The van der Waals surface area contributed by atoms with Crippen molar-refractivity contribution in [1.29, 1.82) is 0 Å². The van der Waals surface area contributed by atoms with E-state index in [0.717, 1.165) is 5.69 Å². The van der Waals surface area contributed by atoms with Crippen LogP contribution in [0.1, 0.15) is 31.1 Å². The van der Waals surface area contributed by atoms with Crippen LogP contribution in [0.2, 0.25) is 0 Å². The number of β-lactam (4-membered cyclic amide) rings is 1. The first-order valence-corrected chi connectivity index (χ1v) is 6.05. The van der Waals surface area contributed by atoms with Crippen molar-refractivity contribution in [3.8, 4) is 0 Å². The van der Waals surface area contributed by atoms with Gasteiger partial charge in [0.15, 0.2) is 0 Å². The molecule has 4 nitrogen and oxygen atoms in total. The fraction of sp³-hybridized carbons (Fsp3) is 0.429. The lowest BCUT2D eigenvalue weighted by atomic mass is 9.82. The third-order valence-electron chi connectivity index (χ3n) is 3.07. The number of esters is 1. The molecule has 1 aliphatic rings. The molecule has 4 heteroatoms. The van der Waals surface area contributed by atoms with Gasteiger partial charge in [-0.15, -0.1) is 0 Å². The fourth-order valence-corrected chi connectivity index (χ4v) is 2.01. The molecule has 0 atom stereocenters. The molecule has 1 aromatic carbocycles. The van der Waals surface area contributed by atoms with Gasteiger partial charge in [0.05, 0.1) is 17.6 Å². The summed E-state index contributed by atoms with van der Waals surface area (Å²) in [5.74, 6) is -0.217. The molecule has 0 N–H and O–H groups in total. The molecular weight excluding hydrogens is 230 g/mol. The number of carbonyl (C=O) groups excluding carboxylic acids is 2. The zero-order chi connectivity index (χ0) is 13.3. The third kappa shape index (κ3) is 2.10. The molecule has 18 heavy (non-hydrogen) atoms. The van der Waals surface area contributed by atoms with E-state index in [4.69, 9.17) is 4.74 Å². The number of ether oxygens (including phenoxy) is 1. The number of hydrogen-bond acceptors (Lipinski definition) is 3. The highest BCUT2D eigenvalue weighted by molar-refractivity contribution is 6.04. The van der Waals surface area contributed by atoms with E-state index in [1.54, 1.807) is 36.1 Å². The van der Waals surface area contributed by atoms with Gasteiger partial charge in [-0.25, -0.2) is 4.79 Å². The van der Waals surface area contributed by atoms with E-state index in [-0.39, 0.29) is 17.3 Å². The minimum atomic E-state index is -0.334. The summed E-state index contributed by atoms with van der Waals surface area (Å²) in [6.07, 6.45) is 0. The maximum atomic E-state index is 11.8. The van der Waals surface area contributed by atoms with Crippen LogP contribution >= 0.6 is 0 Å². The Morgan fingerprint density at radius 2 is 1.94 bits per heavy atom. The number of hydrogen-bond donors (Lipinski definition) is 0. The van der Waals surface area contributed by atoms with Gasteiger partial charge in [0.25, 0.3) is 0 Å². The summed E-state index contributed by atoms with van der Waals surface area (Å²) in [6.45, 7) is 6.70. The molecular formula is C14H17NO3. The molecule has 1 saturated heterocycles. The van der Waals surface area contributed by atoms with Crippen molar-refractivity contribution < 1.29 is 14.3 Å². The summed E-state index contributed by atoms with van der Waals surface area (Å²) in [5.41, 5.74) is 1.07. The van der Waals surface area contributed by atoms with E-state index in [1.165, 1.54) is 0 Å². The SMILES string of the molecule is CCOC(=O)c1ccc(N2CC(C)(C)C2=O)cc1. The number of anilines is 1. The Morgan fingerprint density at radius 1 is 1.33 bits per heavy atom. The summed E-state index contributed by atoms with van der Waals surface area (Å²) in [6, 6.07) is 6.93. The van der Waals surface area contributed by atoms with E-state index in [9.17, 15) is 9.59 Å². The van der Waals surface area contributed by atoms with Crippen LogP contribution < -0.4 is 4.90 Å². The number of rotatable bonds is 3. The van der Waals surface area contributed by atoms with Crippen LogP contribution in [0.25, 0.3) is 0 Å². The summed E-state index contributed by atoms with van der Waals surface area (Å²) < 4.78 is 4.90. The molecule has 96 valence electrons. The van der Waals surface area contributed by atoms with Crippen molar-refractivity contribution in [3.05, 3.63) is 29.8 Å². The Balaban J connectivity index is 2.10. The number of carbonyl (C=O) groups is 2. The van der Waals surface area contributed by atoms with Gasteiger partial charge in [0.1, 0.15) is 0 Å². The zero-order valence-electron chi connectivity index (χ0n) is 10.9. The molecule has 0 aromatic heterocycles. The molecule has 1 heterocycles. The van der Waals surface area contributed by atoms with Crippen LogP contribution in [0.3, 0.4) is 0 Å². The molecule has 0 unspecified atom stereocenters. The van der Waals surface area contributed by atoms with Crippen LogP contribution in [0, 0.1) is 5.41 Å². The zero-order valence-corrected chi connectivity index (χ0v) is 10.9. The van der Waals surface area contributed by atoms with Crippen molar-refractivity contribution in [2.75, 3.05) is 18.1 Å². The number of benzene rings is 1. The van der Waals surface area contributed by atoms with Crippen molar-refractivity contribution in [2.24, 2.45) is 5.41 Å². The molecule has 1 aliphatic heterocycles. The largest absolute Gasteiger partial charge is 0.462 e. The molecule has 1 fully saturated rings. The average Bonchev–Trinajstić information content (AvgIpc) is 2.36. The van der Waals surface area contributed by atoms with Crippen molar-refractivity contribution >= 4 is 17.6 Å². The second kappa shape index (κ2) is 4.44. The van der Waals surface area contributed by atoms with Gasteiger partial charge < -0.3 is 9.64 Å². The van der Waals surface area contributed by atoms with Gasteiger partial charge in [-0.3, -0.25) is 4.79 Å². The molecule has 1 aromatic rings. The average molecular weight is 247 g/mol. The van der Waals surface area contributed by atoms with E-state index >= 15 is 0 Å². The molecule has 2 rings (SSSR count). The van der Waals surface area contributed by atoms with Crippen LogP contribution in [-0.4, -0.2) is 25.0 Å². The van der Waals surface area contributed by atoms with E-state index < -0.39 is 0 Å². The minimum Gasteiger partial charge on any atom is -0.462 e. The quantitative estimate of drug-likeness (QED) is 0.608. The molecule has 0 aliphatic carbocycles. The molecule has 1 amide bonds. The van der Waals surface area contributed by atoms with Crippen LogP contribution in [-0.2, 0) is 9.53 Å². The van der Waals surface area contributed by atoms with E-state index in [1.807, 2.05) is 13.8 Å². The van der Waals surface area contributed by atoms with Gasteiger partial charge in [0, 0.05) is 12.2 Å². The maximum absolute atomic E-state index is 11.8. The van der Waals surface area contributed by atoms with Crippen molar-refractivity contribution in [1.82, 2.24) is 0 Å². The second-order valence-corrected chi connectivity index (χ2v) is 5.04. The maximum Gasteiger partial charge on any atom is 0.338 e. The lowest BCUT2D eigenvalue weighted by molar-refractivity contribution is -0.132. The van der Waals surface area contributed by atoms with Crippen LogP contribution in [0.5, 0.6) is 0 Å². The predicted molar refractivity (Wildman–Crippen MR) is 68.5 cm³/mol. The molecule has 0 bridgehead atoms. The standard InChI is InChI=1S/C14H17NO3/c1-4-18-12(16)10-5-7-11(8-6-10)15-9-14(2,3)13(15)17/h5-8H,4,9H2,1-3H3. The van der Waals surface area contributed by atoms with E-state index in [2.05, 4.69) is 0 Å². The Bertz CT molecular complexity index is 476. The van der Waals surface area contributed by atoms with Crippen molar-refractivity contribution in [3.63, 3.8) is 0 Å². The van der Waals surface area contributed by atoms with Gasteiger partial charge in [-0.1, -0.05) is 0 Å². The second-order valence-electron chi connectivity index (χ2n) is 5.04. The lowest BCUT2D eigenvalue weighted by Crippen LogP contribution is -2.58. The Labute approximate surface area is 107 Å². The number of nitrogens with zero attached hydrogens (tertiary/aromatic N) is 1. The summed E-state index contributed by atoms with van der Waals surface area (Å²) in [7, 11) is 0. The Kier molecular flexibility index (Phi) is 3.11. The first-order chi connectivity index (χ1) is 8.45. The van der Waals surface area contributed by atoms with Gasteiger partial charge >= 0.3 is 5.97 Å². The molecule has 0 spiro atoms. The fourth-order valence-electron chi connectivity index (χ4n) is 2.01. The van der Waals surface area contributed by atoms with Gasteiger partial charge in [-0.2, -0.15) is 0 Å². The van der Waals surface area contributed by atoms with Crippen molar-refractivity contribution in [2.45, 2.75) is 20.8 Å². The summed E-state index contributed by atoms with van der Waals surface area (Å²) >= 11 is 0. The van der Waals surface area contributed by atoms with Crippen LogP contribution in [0.15, 0.2) is 24.3 Å². The monoisotopic (exact) mass is 247 g/mol. The number of amides is 1. The highest BCUT2D eigenvalue weighted by Gasteiger charge is 2.44. The first-order valence-electron chi connectivity index (χ1n) is 6.05. The van der Waals surface area contributed by atoms with E-state index in [0.29, 0.717) is 18.7 Å². The Hall–Kier alpha value is -1.84. The predicted octanol–water partition coefficient (Wildman–Crippen LogP) is 2.24. The molecule has 0 radical (unpaired) electrons. The van der Waals surface area contributed by atoms with Gasteiger partial charge in [0.2, 0.25) is 5.91 Å². The minimum absolute atomic E-state index is 0.117. The highest BCUT2D eigenvalue weighted by Crippen LogP contribution is 2.34. The summed E-state index contributed by atoms with van der Waals surface area (Å²) in [5, 5.41) is 0. The third-order valence-corrected chi connectivity index (χ3v) is 3.07. The normalized spacial score (nSPS) is 17.3. The highest BCUT2D eigenvalue weighted by atomic mass is 16.5. The topological polar surface area (TPSA) is 46.6 Å². The molecule has 0 saturated carbocycles.